The molecular formula is C18H25FN2O3S. The van der Waals surface area contributed by atoms with Gasteiger partial charge in [-0.3, -0.25) is 4.79 Å². The minimum absolute atomic E-state index is 0.113. The largest absolute Gasteiger partial charge is 0.339 e. The van der Waals surface area contributed by atoms with Crippen LogP contribution in [0.1, 0.15) is 61.7 Å². The van der Waals surface area contributed by atoms with E-state index in [-0.39, 0.29) is 23.6 Å². The predicted octanol–water partition coefficient (Wildman–Crippen LogP) is 3.06. The summed E-state index contributed by atoms with van der Waals surface area (Å²) < 4.78 is 41.2. The van der Waals surface area contributed by atoms with Gasteiger partial charge in [-0.2, -0.15) is 0 Å². The van der Waals surface area contributed by atoms with Crippen molar-refractivity contribution in [2.45, 2.75) is 68.3 Å². The van der Waals surface area contributed by atoms with Crippen molar-refractivity contribution in [1.82, 2.24) is 9.62 Å². The average molecular weight is 368 g/mol. The topological polar surface area (TPSA) is 66.5 Å². The van der Waals surface area contributed by atoms with Gasteiger partial charge in [0.1, 0.15) is 10.7 Å². The normalized spacial score (nSPS) is 19.4. The molecule has 0 atom stereocenters. The van der Waals surface area contributed by atoms with Crippen LogP contribution in [0.4, 0.5) is 4.39 Å². The third kappa shape index (κ3) is 4.39. The van der Waals surface area contributed by atoms with Crippen LogP contribution in [0.25, 0.3) is 0 Å². The lowest BCUT2D eigenvalue weighted by atomic mass is 10.1. The highest BCUT2D eigenvalue weighted by Gasteiger charge is 2.31. The fourth-order valence-corrected chi connectivity index (χ4v) is 4.75. The van der Waals surface area contributed by atoms with Crippen LogP contribution in [-0.2, 0) is 10.0 Å². The number of carbonyl (C=O) groups excluding carboxylic acids is 1. The molecule has 138 valence electrons. The van der Waals surface area contributed by atoms with Crippen LogP contribution >= 0.6 is 0 Å². The smallest absolute Gasteiger partial charge is 0.253 e. The zero-order valence-corrected chi connectivity index (χ0v) is 15.3. The second kappa shape index (κ2) is 7.41. The average Bonchev–Trinajstić information content (AvgIpc) is 3.40. The first kappa shape index (κ1) is 18.3. The summed E-state index contributed by atoms with van der Waals surface area (Å²) in [5.41, 5.74) is 0.212. The summed E-state index contributed by atoms with van der Waals surface area (Å²) in [5.74, 6) is -1.09. The molecule has 2 aliphatic rings. The lowest BCUT2D eigenvalue weighted by Gasteiger charge is -2.27. The summed E-state index contributed by atoms with van der Waals surface area (Å²) >= 11 is 0. The van der Waals surface area contributed by atoms with Crippen molar-refractivity contribution in [3.8, 4) is 0 Å². The number of nitrogens with zero attached hydrogens (tertiary/aromatic N) is 1. The van der Waals surface area contributed by atoms with E-state index >= 15 is 0 Å². The summed E-state index contributed by atoms with van der Waals surface area (Å²) in [6, 6.07) is 3.63. The van der Waals surface area contributed by atoms with Gasteiger partial charge in [0.05, 0.1) is 0 Å². The summed E-state index contributed by atoms with van der Waals surface area (Å²) in [6.07, 6.45) is 8.01. The Morgan fingerprint density at radius 2 is 1.76 bits per heavy atom. The highest BCUT2D eigenvalue weighted by atomic mass is 32.2. The Morgan fingerprint density at radius 3 is 2.36 bits per heavy atom. The molecule has 0 radical (unpaired) electrons. The second-order valence-electron chi connectivity index (χ2n) is 7.10. The molecule has 1 amide bonds. The van der Waals surface area contributed by atoms with E-state index in [9.17, 15) is 17.6 Å². The number of hydrogen-bond acceptors (Lipinski definition) is 3. The Labute approximate surface area is 148 Å². The highest BCUT2D eigenvalue weighted by molar-refractivity contribution is 7.89. The fourth-order valence-electron chi connectivity index (χ4n) is 3.34. The molecule has 2 aliphatic carbocycles. The molecule has 3 rings (SSSR count). The molecule has 0 aliphatic heterocycles. The van der Waals surface area contributed by atoms with Gasteiger partial charge in [-0.05, 0) is 43.9 Å². The van der Waals surface area contributed by atoms with Crippen molar-refractivity contribution in [3.63, 3.8) is 0 Å². The quantitative estimate of drug-likeness (QED) is 0.813. The Bertz CT molecular complexity index is 739. The number of nitrogens with one attached hydrogen (secondary N) is 1. The molecule has 1 aromatic rings. The van der Waals surface area contributed by atoms with E-state index in [1.165, 1.54) is 18.9 Å². The van der Waals surface area contributed by atoms with E-state index in [0.717, 1.165) is 50.7 Å². The van der Waals surface area contributed by atoms with Crippen molar-refractivity contribution in [1.29, 1.82) is 0 Å². The molecule has 0 heterocycles. The first-order chi connectivity index (χ1) is 11.9. The second-order valence-corrected chi connectivity index (χ2v) is 8.78. The van der Waals surface area contributed by atoms with Crippen LogP contribution in [0.3, 0.4) is 0 Å². The molecule has 2 saturated carbocycles. The standard InChI is InChI=1S/C18H25FN2O3S/c1-21(15-6-4-2-3-5-7-15)18(22)13-8-11-16(19)17(12-13)25(23,24)20-14-9-10-14/h8,11-12,14-15,20H,2-7,9-10H2,1H3. The number of amides is 1. The SMILES string of the molecule is CN(C(=O)c1ccc(F)c(S(=O)(=O)NC2CC2)c1)C1CCCCCC1. The van der Waals surface area contributed by atoms with Crippen molar-refractivity contribution in [3.05, 3.63) is 29.6 Å². The van der Waals surface area contributed by atoms with Gasteiger partial charge in [-0.1, -0.05) is 25.7 Å². The van der Waals surface area contributed by atoms with E-state index in [1.807, 2.05) is 0 Å². The van der Waals surface area contributed by atoms with Crippen LogP contribution < -0.4 is 4.72 Å². The van der Waals surface area contributed by atoms with Crippen LogP contribution in [0.5, 0.6) is 0 Å². The molecule has 1 aromatic carbocycles. The number of benzene rings is 1. The van der Waals surface area contributed by atoms with E-state index < -0.39 is 20.7 Å². The molecule has 0 aromatic heterocycles. The van der Waals surface area contributed by atoms with Gasteiger partial charge >= 0.3 is 0 Å². The third-order valence-corrected chi connectivity index (χ3v) is 6.60. The first-order valence-electron chi connectivity index (χ1n) is 8.97. The third-order valence-electron chi connectivity index (χ3n) is 5.06. The highest BCUT2D eigenvalue weighted by Crippen LogP contribution is 2.26. The maximum absolute atomic E-state index is 14.1. The summed E-state index contributed by atoms with van der Waals surface area (Å²) in [6.45, 7) is 0. The molecule has 0 bridgehead atoms. The minimum Gasteiger partial charge on any atom is -0.339 e. The Hall–Kier alpha value is -1.47. The number of rotatable bonds is 5. The summed E-state index contributed by atoms with van der Waals surface area (Å²) in [5, 5.41) is 0. The molecule has 7 heteroatoms. The fraction of sp³-hybridized carbons (Fsp3) is 0.611. The van der Waals surface area contributed by atoms with E-state index in [4.69, 9.17) is 0 Å². The monoisotopic (exact) mass is 368 g/mol. The van der Waals surface area contributed by atoms with Crippen LogP contribution in [0, 0.1) is 5.82 Å². The van der Waals surface area contributed by atoms with E-state index in [2.05, 4.69) is 4.72 Å². The van der Waals surface area contributed by atoms with Crippen molar-refractivity contribution < 1.29 is 17.6 Å². The summed E-state index contributed by atoms with van der Waals surface area (Å²) in [4.78, 5) is 14.0. The van der Waals surface area contributed by atoms with Crippen molar-refractivity contribution in [2.75, 3.05) is 7.05 Å². The molecular weight excluding hydrogens is 343 g/mol. The van der Waals surface area contributed by atoms with Crippen molar-refractivity contribution >= 4 is 15.9 Å². The maximum atomic E-state index is 14.1. The zero-order valence-electron chi connectivity index (χ0n) is 14.5. The van der Waals surface area contributed by atoms with Gasteiger partial charge < -0.3 is 4.90 Å². The minimum atomic E-state index is -3.94. The van der Waals surface area contributed by atoms with E-state index in [1.54, 1.807) is 11.9 Å². The molecule has 0 unspecified atom stereocenters. The molecule has 0 spiro atoms. The molecule has 5 nitrogen and oxygen atoms in total. The maximum Gasteiger partial charge on any atom is 0.253 e. The number of carbonyl (C=O) groups is 1. The lowest BCUT2D eigenvalue weighted by Crippen LogP contribution is -2.37. The van der Waals surface area contributed by atoms with Gasteiger partial charge in [0, 0.05) is 24.7 Å². The Balaban J connectivity index is 1.81. The van der Waals surface area contributed by atoms with Crippen LogP contribution in [0.15, 0.2) is 23.1 Å². The first-order valence-corrected chi connectivity index (χ1v) is 10.5. The van der Waals surface area contributed by atoms with E-state index in [0.29, 0.717) is 0 Å². The van der Waals surface area contributed by atoms with Crippen molar-refractivity contribution in [2.24, 2.45) is 0 Å². The summed E-state index contributed by atoms with van der Waals surface area (Å²) in [7, 11) is -2.19. The van der Waals surface area contributed by atoms with Gasteiger partial charge in [0.15, 0.2) is 0 Å². The van der Waals surface area contributed by atoms with Gasteiger partial charge in [0.2, 0.25) is 10.0 Å². The Kier molecular flexibility index (Phi) is 5.43. The lowest BCUT2D eigenvalue weighted by molar-refractivity contribution is 0.0717. The zero-order chi connectivity index (χ0) is 18.0. The Morgan fingerprint density at radius 1 is 1.12 bits per heavy atom. The number of hydrogen-bond donors (Lipinski definition) is 1. The molecule has 1 N–H and O–H groups in total. The van der Waals surface area contributed by atoms with Gasteiger partial charge in [-0.25, -0.2) is 17.5 Å². The van der Waals surface area contributed by atoms with Crippen LogP contribution in [-0.4, -0.2) is 38.4 Å². The molecule has 2 fully saturated rings. The number of halogens is 1. The van der Waals surface area contributed by atoms with Gasteiger partial charge in [0.25, 0.3) is 5.91 Å². The van der Waals surface area contributed by atoms with Crippen LogP contribution in [0.2, 0.25) is 0 Å². The van der Waals surface area contributed by atoms with Gasteiger partial charge in [-0.15, -0.1) is 0 Å². The molecule has 0 saturated heterocycles. The number of sulfonamides is 1. The molecule has 25 heavy (non-hydrogen) atoms. The predicted molar refractivity (Wildman–Crippen MR) is 93.3 cm³/mol.